The van der Waals surface area contributed by atoms with Crippen LogP contribution in [-0.4, -0.2) is 23.2 Å². The molecule has 0 atom stereocenters. The maximum atomic E-state index is 5.76. The van der Waals surface area contributed by atoms with Crippen LogP contribution >= 0.6 is 0 Å². The molecule has 0 radical (unpaired) electrons. The molecule has 0 aliphatic carbocycles. The Balaban J connectivity index is 2.24. The Bertz CT molecular complexity index is 988. The van der Waals surface area contributed by atoms with Crippen molar-refractivity contribution in [2.24, 2.45) is 7.05 Å². The molecular formula is C18H18N3O2+. The zero-order chi connectivity index (χ0) is 16.0. The van der Waals surface area contributed by atoms with E-state index in [0.29, 0.717) is 25.0 Å². The second-order valence-electron chi connectivity index (χ2n) is 5.46. The van der Waals surface area contributed by atoms with Crippen LogP contribution in [0, 0.1) is 0 Å². The van der Waals surface area contributed by atoms with Gasteiger partial charge in [-0.15, -0.1) is 0 Å². The molecule has 0 amide bonds. The number of aromatic nitrogens is 3. The van der Waals surface area contributed by atoms with Gasteiger partial charge in [0.2, 0.25) is 11.8 Å². The van der Waals surface area contributed by atoms with Crippen LogP contribution in [0.25, 0.3) is 32.6 Å². The molecular weight excluding hydrogens is 290 g/mol. The first kappa shape index (κ1) is 13.9. The minimum absolute atomic E-state index is 0.564. The van der Waals surface area contributed by atoms with Crippen LogP contribution in [-0.2, 0) is 7.05 Å². The molecule has 4 rings (SSSR count). The van der Waals surface area contributed by atoms with Crippen LogP contribution in [0.15, 0.2) is 30.6 Å². The molecule has 0 aliphatic heterocycles. The molecule has 0 unspecified atom stereocenters. The van der Waals surface area contributed by atoms with Crippen LogP contribution in [0.5, 0.6) is 11.8 Å². The normalized spacial score (nSPS) is 11.6. The molecule has 5 nitrogen and oxygen atoms in total. The highest BCUT2D eigenvalue weighted by atomic mass is 16.5. The zero-order valence-electron chi connectivity index (χ0n) is 13.5. The Morgan fingerprint density at radius 3 is 2.22 bits per heavy atom. The largest absolute Gasteiger partial charge is 0.477 e. The highest BCUT2D eigenvalue weighted by Gasteiger charge is 2.21. The van der Waals surface area contributed by atoms with Crippen molar-refractivity contribution in [1.82, 2.24) is 9.97 Å². The number of pyridine rings is 1. The van der Waals surface area contributed by atoms with E-state index in [0.717, 1.165) is 32.6 Å². The molecule has 0 saturated heterocycles. The number of aryl methyl sites for hydroxylation is 1. The first-order valence-corrected chi connectivity index (χ1v) is 7.83. The SMILES string of the molecule is CCOc1nc(OCC)c2ccc3c4c(ccc1c24)nc[n+]3C. The Hall–Kier alpha value is -2.69. The lowest BCUT2D eigenvalue weighted by atomic mass is 10.00. The number of nitrogens with zero attached hydrogens (tertiary/aromatic N) is 3. The number of ether oxygens (including phenoxy) is 2. The van der Waals surface area contributed by atoms with Crippen molar-refractivity contribution in [3.05, 3.63) is 30.6 Å². The van der Waals surface area contributed by atoms with Gasteiger partial charge in [-0.25, -0.2) is 4.57 Å². The summed E-state index contributed by atoms with van der Waals surface area (Å²) < 4.78 is 13.6. The minimum Gasteiger partial charge on any atom is -0.477 e. The summed E-state index contributed by atoms with van der Waals surface area (Å²) >= 11 is 0. The number of benzene rings is 2. The third-order valence-corrected chi connectivity index (χ3v) is 4.09. The van der Waals surface area contributed by atoms with Crippen molar-refractivity contribution >= 4 is 32.6 Å². The van der Waals surface area contributed by atoms with E-state index in [4.69, 9.17) is 9.47 Å². The Morgan fingerprint density at radius 2 is 1.57 bits per heavy atom. The number of hydrogen-bond donors (Lipinski definition) is 0. The molecule has 0 N–H and O–H groups in total. The van der Waals surface area contributed by atoms with Gasteiger partial charge in [-0.2, -0.15) is 4.98 Å². The molecule has 5 heteroatoms. The van der Waals surface area contributed by atoms with Gasteiger partial charge >= 0.3 is 0 Å². The molecule has 0 bridgehead atoms. The molecule has 2 aromatic carbocycles. The van der Waals surface area contributed by atoms with E-state index in [-0.39, 0.29) is 0 Å². The number of rotatable bonds is 4. The van der Waals surface area contributed by atoms with E-state index in [1.165, 1.54) is 0 Å². The molecule has 116 valence electrons. The van der Waals surface area contributed by atoms with Crippen LogP contribution < -0.4 is 14.0 Å². The van der Waals surface area contributed by atoms with Gasteiger partial charge in [0.1, 0.15) is 5.52 Å². The smallest absolute Gasteiger partial charge is 0.287 e. The fourth-order valence-corrected chi connectivity index (χ4v) is 3.13. The predicted molar refractivity (Wildman–Crippen MR) is 89.3 cm³/mol. The predicted octanol–water partition coefficient (Wildman–Crippen LogP) is 3.00. The number of hydrogen-bond acceptors (Lipinski definition) is 4. The Kier molecular flexibility index (Phi) is 3.15. The molecule has 2 heterocycles. The lowest BCUT2D eigenvalue weighted by Gasteiger charge is -2.14. The molecule has 4 aromatic rings. The summed E-state index contributed by atoms with van der Waals surface area (Å²) in [6.45, 7) is 5.05. The average molecular weight is 308 g/mol. The van der Waals surface area contributed by atoms with Crippen molar-refractivity contribution in [3.63, 3.8) is 0 Å². The summed E-state index contributed by atoms with van der Waals surface area (Å²) in [6, 6.07) is 8.22. The maximum absolute atomic E-state index is 5.76. The van der Waals surface area contributed by atoms with Gasteiger partial charge in [0, 0.05) is 16.2 Å². The lowest BCUT2D eigenvalue weighted by Crippen LogP contribution is -2.29. The third kappa shape index (κ3) is 1.96. The molecule has 23 heavy (non-hydrogen) atoms. The first-order chi connectivity index (χ1) is 11.2. The van der Waals surface area contributed by atoms with Crippen molar-refractivity contribution in [3.8, 4) is 11.8 Å². The van der Waals surface area contributed by atoms with Crippen LogP contribution in [0.1, 0.15) is 13.8 Å². The van der Waals surface area contributed by atoms with E-state index in [1.54, 1.807) is 0 Å². The quantitative estimate of drug-likeness (QED) is 0.429. The van der Waals surface area contributed by atoms with Gasteiger partial charge in [-0.05, 0) is 43.1 Å². The summed E-state index contributed by atoms with van der Waals surface area (Å²) in [5, 5.41) is 4.22. The monoisotopic (exact) mass is 308 g/mol. The highest BCUT2D eigenvalue weighted by Crippen LogP contribution is 2.39. The standard InChI is InChI=1S/C18H18N3O2/c1-4-22-17-11-6-8-13-16-14(21(3)10-19-13)9-7-12(15(11)16)18(20-17)23-5-2/h6-10H,4-5H2,1-3H3/q+1. The summed E-state index contributed by atoms with van der Waals surface area (Å²) in [7, 11) is 2.00. The fraction of sp³-hybridized carbons (Fsp3) is 0.278. The molecule has 0 saturated carbocycles. The van der Waals surface area contributed by atoms with E-state index >= 15 is 0 Å². The fourth-order valence-electron chi connectivity index (χ4n) is 3.13. The second kappa shape index (κ2) is 5.19. The van der Waals surface area contributed by atoms with Crippen LogP contribution in [0.4, 0.5) is 0 Å². The van der Waals surface area contributed by atoms with Crippen LogP contribution in [0.2, 0.25) is 0 Å². The summed E-state index contributed by atoms with van der Waals surface area (Å²) in [5.74, 6) is 1.23. The highest BCUT2D eigenvalue weighted by molar-refractivity contribution is 6.22. The zero-order valence-corrected chi connectivity index (χ0v) is 13.5. The maximum Gasteiger partial charge on any atom is 0.287 e. The van der Waals surface area contributed by atoms with Crippen molar-refractivity contribution in [2.45, 2.75) is 13.8 Å². The molecule has 0 aliphatic rings. The molecule has 0 fully saturated rings. The van der Waals surface area contributed by atoms with Gasteiger partial charge in [0.05, 0.1) is 25.6 Å². The summed E-state index contributed by atoms with van der Waals surface area (Å²) in [4.78, 5) is 9.13. The average Bonchev–Trinajstić information content (AvgIpc) is 2.57. The van der Waals surface area contributed by atoms with Crippen molar-refractivity contribution in [1.29, 1.82) is 0 Å². The first-order valence-electron chi connectivity index (χ1n) is 7.83. The summed E-state index contributed by atoms with van der Waals surface area (Å²) in [6.07, 6.45) is 1.84. The van der Waals surface area contributed by atoms with Gasteiger partial charge in [0.25, 0.3) is 6.33 Å². The summed E-state index contributed by atoms with van der Waals surface area (Å²) in [5.41, 5.74) is 2.09. The molecule has 0 spiro atoms. The van der Waals surface area contributed by atoms with Crippen molar-refractivity contribution < 1.29 is 14.0 Å². The molecule has 2 aromatic heterocycles. The Labute approximate surface area is 133 Å². The van der Waals surface area contributed by atoms with E-state index in [9.17, 15) is 0 Å². The van der Waals surface area contributed by atoms with Gasteiger partial charge in [-0.3, -0.25) is 0 Å². The van der Waals surface area contributed by atoms with E-state index in [2.05, 4.69) is 22.1 Å². The van der Waals surface area contributed by atoms with Gasteiger partial charge in [0.15, 0.2) is 5.52 Å². The van der Waals surface area contributed by atoms with Crippen molar-refractivity contribution in [2.75, 3.05) is 13.2 Å². The van der Waals surface area contributed by atoms with Crippen LogP contribution in [0.3, 0.4) is 0 Å². The van der Waals surface area contributed by atoms with Gasteiger partial charge in [-0.1, -0.05) is 0 Å². The van der Waals surface area contributed by atoms with Gasteiger partial charge < -0.3 is 9.47 Å². The van der Waals surface area contributed by atoms with E-state index < -0.39 is 0 Å². The lowest BCUT2D eigenvalue weighted by molar-refractivity contribution is -0.647. The second-order valence-corrected chi connectivity index (χ2v) is 5.46. The topological polar surface area (TPSA) is 48.1 Å². The third-order valence-electron chi connectivity index (χ3n) is 4.09. The van der Waals surface area contributed by atoms with E-state index in [1.807, 2.05) is 43.9 Å². The minimum atomic E-state index is 0.564. The Morgan fingerprint density at radius 1 is 0.913 bits per heavy atom.